The molecule has 0 aliphatic carbocycles. The first-order valence-electron chi connectivity index (χ1n) is 12.8. The third-order valence-electron chi connectivity index (χ3n) is 6.68. The molecule has 37 heavy (non-hydrogen) atoms. The second kappa shape index (κ2) is 12.2. The zero-order valence-electron chi connectivity index (χ0n) is 21.2. The smallest absolute Gasteiger partial charge is 0.162 e. The first-order valence-corrected chi connectivity index (χ1v) is 12.8. The number of benzene rings is 4. The summed E-state index contributed by atoms with van der Waals surface area (Å²) in [6.45, 7) is 4.13. The lowest BCUT2D eigenvalue weighted by Crippen LogP contribution is -2.45. The zero-order chi connectivity index (χ0) is 25.3. The van der Waals surface area contributed by atoms with Crippen molar-refractivity contribution in [2.45, 2.75) is 12.6 Å². The fourth-order valence-corrected chi connectivity index (χ4v) is 4.74. The summed E-state index contributed by atoms with van der Waals surface area (Å²) in [6.07, 6.45) is 1.91. The number of rotatable bonds is 9. The molecule has 1 heterocycles. The molecule has 0 unspecified atom stereocenters. The van der Waals surface area contributed by atoms with Gasteiger partial charge in [0.2, 0.25) is 0 Å². The molecule has 4 aromatic carbocycles. The first kappa shape index (κ1) is 24.6. The summed E-state index contributed by atoms with van der Waals surface area (Å²) >= 11 is 0. The van der Waals surface area contributed by atoms with Crippen molar-refractivity contribution in [3.8, 4) is 11.5 Å². The van der Waals surface area contributed by atoms with Crippen molar-refractivity contribution >= 4 is 6.21 Å². The molecule has 1 fully saturated rings. The Hall–Kier alpha value is -4.09. The van der Waals surface area contributed by atoms with Gasteiger partial charge < -0.3 is 9.47 Å². The number of ether oxygens (including phenoxy) is 2. The van der Waals surface area contributed by atoms with E-state index in [0.717, 1.165) is 43.1 Å². The van der Waals surface area contributed by atoms with Gasteiger partial charge in [-0.1, -0.05) is 91.0 Å². The number of hydrogen-bond donors (Lipinski definition) is 0. The summed E-state index contributed by atoms with van der Waals surface area (Å²) in [5, 5.41) is 6.94. The van der Waals surface area contributed by atoms with Crippen LogP contribution in [0.15, 0.2) is 114 Å². The molecule has 188 valence electrons. The number of methoxy groups -OCH3 is 1. The Labute approximate surface area is 219 Å². The van der Waals surface area contributed by atoms with Crippen LogP contribution in [0.2, 0.25) is 0 Å². The van der Waals surface area contributed by atoms with Gasteiger partial charge >= 0.3 is 0 Å². The summed E-state index contributed by atoms with van der Waals surface area (Å²) in [6, 6.07) is 37.9. The minimum Gasteiger partial charge on any atom is -0.493 e. The van der Waals surface area contributed by atoms with E-state index in [0.29, 0.717) is 12.4 Å². The summed E-state index contributed by atoms with van der Waals surface area (Å²) in [7, 11) is 1.66. The lowest BCUT2D eigenvalue weighted by Gasteiger charge is -2.38. The average Bonchev–Trinajstić information content (AvgIpc) is 2.97. The SMILES string of the molecule is COc1ccc(C=NN2CCN(C(c3ccccc3)c3ccccc3)CC2)cc1OCc1ccccc1. The minimum absolute atomic E-state index is 0.249. The molecular formula is C32H33N3O2. The lowest BCUT2D eigenvalue weighted by molar-refractivity contribution is 0.113. The normalized spacial score (nSPS) is 14.3. The molecule has 0 aromatic heterocycles. The van der Waals surface area contributed by atoms with Gasteiger partial charge in [0, 0.05) is 26.2 Å². The van der Waals surface area contributed by atoms with E-state index in [1.54, 1.807) is 7.11 Å². The van der Waals surface area contributed by atoms with Gasteiger partial charge in [-0.2, -0.15) is 5.10 Å². The Morgan fingerprint density at radius 3 is 1.92 bits per heavy atom. The third kappa shape index (κ3) is 6.38. The molecule has 0 atom stereocenters. The Morgan fingerprint density at radius 2 is 1.32 bits per heavy atom. The van der Waals surface area contributed by atoms with Gasteiger partial charge in [0.15, 0.2) is 11.5 Å². The Bertz CT molecular complexity index is 1230. The van der Waals surface area contributed by atoms with Gasteiger partial charge in [0.05, 0.1) is 19.4 Å². The van der Waals surface area contributed by atoms with Crippen LogP contribution in [0.1, 0.15) is 28.3 Å². The molecule has 5 heteroatoms. The van der Waals surface area contributed by atoms with E-state index in [1.807, 2.05) is 42.6 Å². The summed E-state index contributed by atoms with van der Waals surface area (Å²) in [4.78, 5) is 2.56. The van der Waals surface area contributed by atoms with Crippen molar-refractivity contribution in [3.63, 3.8) is 0 Å². The third-order valence-corrected chi connectivity index (χ3v) is 6.68. The monoisotopic (exact) mass is 491 g/mol. The van der Waals surface area contributed by atoms with E-state index in [1.165, 1.54) is 11.1 Å². The van der Waals surface area contributed by atoms with E-state index >= 15 is 0 Å². The Kier molecular flexibility index (Phi) is 8.14. The summed E-state index contributed by atoms with van der Waals surface area (Å²) in [5.74, 6) is 1.43. The van der Waals surface area contributed by atoms with Crippen molar-refractivity contribution in [3.05, 3.63) is 131 Å². The summed E-state index contributed by atoms with van der Waals surface area (Å²) < 4.78 is 11.6. The Balaban J connectivity index is 1.23. The van der Waals surface area contributed by atoms with Gasteiger partial charge in [0.25, 0.3) is 0 Å². The molecule has 5 rings (SSSR count). The fourth-order valence-electron chi connectivity index (χ4n) is 4.74. The van der Waals surface area contributed by atoms with Crippen LogP contribution < -0.4 is 9.47 Å². The maximum atomic E-state index is 6.06. The minimum atomic E-state index is 0.249. The second-order valence-electron chi connectivity index (χ2n) is 9.14. The van der Waals surface area contributed by atoms with Crippen LogP contribution >= 0.6 is 0 Å². The van der Waals surface area contributed by atoms with Gasteiger partial charge in [-0.05, 0) is 40.5 Å². The van der Waals surface area contributed by atoms with Crippen LogP contribution in [0.5, 0.6) is 11.5 Å². The number of nitrogens with zero attached hydrogens (tertiary/aromatic N) is 3. The topological polar surface area (TPSA) is 37.3 Å². The van der Waals surface area contributed by atoms with Crippen LogP contribution in [0.4, 0.5) is 0 Å². The van der Waals surface area contributed by atoms with Crippen LogP contribution in [0.25, 0.3) is 0 Å². The maximum Gasteiger partial charge on any atom is 0.162 e. The van der Waals surface area contributed by atoms with Crippen molar-refractivity contribution in [2.75, 3.05) is 33.3 Å². The molecule has 0 radical (unpaired) electrons. The van der Waals surface area contributed by atoms with E-state index in [9.17, 15) is 0 Å². The van der Waals surface area contributed by atoms with E-state index in [4.69, 9.17) is 14.6 Å². The van der Waals surface area contributed by atoms with Crippen LogP contribution in [-0.4, -0.2) is 49.4 Å². The second-order valence-corrected chi connectivity index (χ2v) is 9.14. The highest BCUT2D eigenvalue weighted by atomic mass is 16.5. The number of hydrazone groups is 1. The average molecular weight is 492 g/mol. The predicted molar refractivity (Wildman–Crippen MR) is 149 cm³/mol. The maximum absolute atomic E-state index is 6.06. The van der Waals surface area contributed by atoms with E-state index < -0.39 is 0 Å². The van der Waals surface area contributed by atoms with Crippen LogP contribution in [-0.2, 0) is 6.61 Å². The van der Waals surface area contributed by atoms with Gasteiger partial charge in [-0.3, -0.25) is 9.91 Å². The largest absolute Gasteiger partial charge is 0.493 e. The van der Waals surface area contributed by atoms with E-state index in [-0.39, 0.29) is 6.04 Å². The van der Waals surface area contributed by atoms with Gasteiger partial charge in [0.1, 0.15) is 6.61 Å². The molecule has 0 amide bonds. The standard InChI is InChI=1S/C32H33N3O2/c1-36-30-18-17-27(23-31(30)37-25-26-11-5-2-6-12-26)24-33-35-21-19-34(20-22-35)32(28-13-7-3-8-14-28)29-15-9-4-10-16-29/h2-18,23-24,32H,19-22,25H2,1H3. The molecule has 0 saturated carbocycles. The van der Waals surface area contributed by atoms with Crippen LogP contribution in [0, 0.1) is 0 Å². The molecule has 5 nitrogen and oxygen atoms in total. The van der Waals surface area contributed by atoms with Crippen molar-refractivity contribution in [2.24, 2.45) is 5.10 Å². The molecule has 1 aliphatic rings. The van der Waals surface area contributed by atoms with Gasteiger partial charge in [-0.15, -0.1) is 0 Å². The molecule has 4 aromatic rings. The Morgan fingerprint density at radius 1 is 0.730 bits per heavy atom. The van der Waals surface area contributed by atoms with E-state index in [2.05, 4.69) is 82.7 Å². The van der Waals surface area contributed by atoms with Crippen molar-refractivity contribution < 1.29 is 9.47 Å². The molecule has 0 N–H and O–H groups in total. The van der Waals surface area contributed by atoms with Gasteiger partial charge in [-0.25, -0.2) is 0 Å². The first-order chi connectivity index (χ1) is 18.3. The van der Waals surface area contributed by atoms with Crippen LogP contribution in [0.3, 0.4) is 0 Å². The molecule has 1 saturated heterocycles. The highest BCUT2D eigenvalue weighted by Crippen LogP contribution is 2.30. The lowest BCUT2D eigenvalue weighted by atomic mass is 9.96. The number of hydrogen-bond acceptors (Lipinski definition) is 5. The highest BCUT2D eigenvalue weighted by molar-refractivity contribution is 5.80. The highest BCUT2D eigenvalue weighted by Gasteiger charge is 2.25. The molecular weight excluding hydrogens is 458 g/mol. The zero-order valence-corrected chi connectivity index (χ0v) is 21.2. The predicted octanol–water partition coefficient (Wildman–Crippen LogP) is 6.02. The van der Waals surface area contributed by atoms with Crippen molar-refractivity contribution in [1.29, 1.82) is 0 Å². The van der Waals surface area contributed by atoms with Crippen molar-refractivity contribution in [1.82, 2.24) is 9.91 Å². The quantitative estimate of drug-likeness (QED) is 0.269. The fraction of sp³-hybridized carbons (Fsp3) is 0.219. The summed E-state index contributed by atoms with van der Waals surface area (Å²) in [5.41, 5.74) is 4.75. The number of piperazine rings is 1. The molecule has 0 bridgehead atoms. The molecule has 1 aliphatic heterocycles. The molecule has 0 spiro atoms.